The fraction of sp³-hybridized carbons (Fsp3) is 0.278. The number of urea groups is 1. The van der Waals surface area contributed by atoms with Crippen molar-refractivity contribution in [3.8, 4) is 0 Å². The van der Waals surface area contributed by atoms with E-state index in [-0.39, 0.29) is 6.03 Å². The van der Waals surface area contributed by atoms with Gasteiger partial charge in [0.15, 0.2) is 0 Å². The maximum Gasteiger partial charge on any atom is 0.319 e. The van der Waals surface area contributed by atoms with E-state index in [0.717, 1.165) is 17.7 Å². The van der Waals surface area contributed by atoms with Crippen molar-refractivity contribution >= 4 is 17.4 Å². The zero-order valence-corrected chi connectivity index (χ0v) is 13.4. The van der Waals surface area contributed by atoms with Gasteiger partial charge in [-0.15, -0.1) is 0 Å². The number of hydrogen-bond acceptors (Lipinski definition) is 2. The van der Waals surface area contributed by atoms with E-state index in [1.165, 1.54) is 11.3 Å². The molecule has 0 aliphatic rings. The monoisotopic (exact) mass is 297 g/mol. The first-order valence-electron chi connectivity index (χ1n) is 7.42. The van der Waals surface area contributed by atoms with Crippen LogP contribution in [-0.2, 0) is 6.42 Å². The van der Waals surface area contributed by atoms with Gasteiger partial charge >= 0.3 is 6.03 Å². The molecule has 0 atom stereocenters. The molecule has 116 valence electrons. The van der Waals surface area contributed by atoms with Crippen molar-refractivity contribution in [2.45, 2.75) is 13.3 Å². The van der Waals surface area contributed by atoms with Crippen molar-refractivity contribution < 1.29 is 4.79 Å². The highest BCUT2D eigenvalue weighted by atomic mass is 16.2. The fourth-order valence-corrected chi connectivity index (χ4v) is 2.18. The molecule has 0 aromatic heterocycles. The minimum atomic E-state index is -0.171. The van der Waals surface area contributed by atoms with Crippen LogP contribution in [0.1, 0.15) is 11.1 Å². The first kappa shape index (κ1) is 15.9. The molecular weight excluding hydrogens is 274 g/mol. The lowest BCUT2D eigenvalue weighted by Crippen LogP contribution is -2.30. The Morgan fingerprint density at radius 1 is 1.09 bits per heavy atom. The minimum absolute atomic E-state index is 0.171. The molecule has 0 bridgehead atoms. The number of hydrogen-bond donors (Lipinski definition) is 2. The van der Waals surface area contributed by atoms with Crippen molar-refractivity contribution in [3.05, 3.63) is 59.7 Å². The average Bonchev–Trinajstić information content (AvgIpc) is 2.47. The number of nitrogens with one attached hydrogen (secondary N) is 2. The number of amides is 2. The van der Waals surface area contributed by atoms with Gasteiger partial charge in [0, 0.05) is 32.0 Å². The molecule has 0 heterocycles. The van der Waals surface area contributed by atoms with E-state index < -0.39 is 0 Å². The van der Waals surface area contributed by atoms with E-state index >= 15 is 0 Å². The summed E-state index contributed by atoms with van der Waals surface area (Å²) in [6.07, 6.45) is 0.814. The van der Waals surface area contributed by atoms with Gasteiger partial charge in [-0.3, -0.25) is 0 Å². The van der Waals surface area contributed by atoms with E-state index in [1.807, 2.05) is 45.3 Å². The van der Waals surface area contributed by atoms with Crippen LogP contribution in [0.5, 0.6) is 0 Å². The van der Waals surface area contributed by atoms with Gasteiger partial charge in [0.05, 0.1) is 0 Å². The molecule has 2 rings (SSSR count). The molecule has 2 aromatic rings. The lowest BCUT2D eigenvalue weighted by Gasteiger charge is -2.13. The Kier molecular flexibility index (Phi) is 5.42. The van der Waals surface area contributed by atoms with Gasteiger partial charge < -0.3 is 15.5 Å². The maximum atomic E-state index is 11.8. The molecule has 0 radical (unpaired) electrons. The summed E-state index contributed by atoms with van der Waals surface area (Å²) in [4.78, 5) is 13.9. The summed E-state index contributed by atoms with van der Waals surface area (Å²) in [5.74, 6) is 0. The molecular formula is C18H23N3O. The second-order valence-corrected chi connectivity index (χ2v) is 5.56. The normalized spacial score (nSPS) is 10.1. The first-order chi connectivity index (χ1) is 10.5. The Balaban J connectivity index is 1.77. The smallest absolute Gasteiger partial charge is 0.319 e. The average molecular weight is 297 g/mol. The summed E-state index contributed by atoms with van der Waals surface area (Å²) in [5, 5.41) is 5.71. The van der Waals surface area contributed by atoms with Gasteiger partial charge in [-0.1, -0.05) is 24.3 Å². The number of benzene rings is 2. The van der Waals surface area contributed by atoms with Gasteiger partial charge in [0.1, 0.15) is 0 Å². The molecule has 4 heteroatoms. The molecule has 0 saturated carbocycles. The predicted molar refractivity (Wildman–Crippen MR) is 92.7 cm³/mol. The summed E-state index contributed by atoms with van der Waals surface area (Å²) in [5.41, 5.74) is 4.32. The molecule has 0 aliphatic heterocycles. The minimum Gasteiger partial charge on any atom is -0.378 e. The standard InChI is InChI=1S/C18H23N3O/c1-14-5-4-6-16(13-14)20-18(22)19-12-11-15-7-9-17(10-8-15)21(2)3/h4-10,13H,11-12H2,1-3H3,(H2,19,20,22). The third kappa shape index (κ3) is 4.81. The zero-order chi connectivity index (χ0) is 15.9. The van der Waals surface area contributed by atoms with Crippen LogP contribution in [0.15, 0.2) is 48.5 Å². The Bertz CT molecular complexity index is 620. The maximum absolute atomic E-state index is 11.8. The van der Waals surface area contributed by atoms with Gasteiger partial charge in [0.25, 0.3) is 0 Å². The first-order valence-corrected chi connectivity index (χ1v) is 7.42. The number of rotatable bonds is 5. The number of nitrogens with zero attached hydrogens (tertiary/aromatic N) is 1. The molecule has 22 heavy (non-hydrogen) atoms. The van der Waals surface area contributed by atoms with Gasteiger partial charge in [-0.25, -0.2) is 4.79 Å². The summed E-state index contributed by atoms with van der Waals surface area (Å²) in [7, 11) is 4.04. The van der Waals surface area contributed by atoms with Crippen LogP contribution in [0.4, 0.5) is 16.2 Å². The Hall–Kier alpha value is -2.49. The van der Waals surface area contributed by atoms with Crippen molar-refractivity contribution in [2.24, 2.45) is 0 Å². The highest BCUT2D eigenvalue weighted by molar-refractivity contribution is 5.89. The van der Waals surface area contributed by atoms with Crippen LogP contribution in [0.2, 0.25) is 0 Å². The van der Waals surface area contributed by atoms with Gasteiger partial charge in [-0.2, -0.15) is 0 Å². The topological polar surface area (TPSA) is 44.4 Å². The zero-order valence-electron chi connectivity index (χ0n) is 13.4. The number of carbonyl (C=O) groups is 1. The predicted octanol–water partition coefficient (Wildman–Crippen LogP) is 3.43. The second kappa shape index (κ2) is 7.50. The van der Waals surface area contributed by atoms with E-state index in [0.29, 0.717) is 6.54 Å². The highest BCUT2D eigenvalue weighted by Crippen LogP contribution is 2.12. The van der Waals surface area contributed by atoms with E-state index in [4.69, 9.17) is 0 Å². The molecule has 0 unspecified atom stereocenters. The molecule has 2 aromatic carbocycles. The van der Waals surface area contributed by atoms with Crippen LogP contribution in [0, 0.1) is 6.92 Å². The van der Waals surface area contributed by atoms with E-state index in [1.54, 1.807) is 0 Å². The Morgan fingerprint density at radius 2 is 1.82 bits per heavy atom. The number of aryl methyl sites for hydroxylation is 1. The Labute approximate surface area is 132 Å². The summed E-state index contributed by atoms with van der Waals surface area (Å²) in [6, 6.07) is 15.9. The second-order valence-electron chi connectivity index (χ2n) is 5.56. The third-order valence-electron chi connectivity index (χ3n) is 3.43. The van der Waals surface area contributed by atoms with Gasteiger partial charge in [-0.05, 0) is 48.7 Å². The summed E-state index contributed by atoms with van der Waals surface area (Å²) in [6.45, 7) is 2.61. The quantitative estimate of drug-likeness (QED) is 0.888. The SMILES string of the molecule is Cc1cccc(NC(=O)NCCc2ccc(N(C)C)cc2)c1. The van der Waals surface area contributed by atoms with Gasteiger partial charge in [0.2, 0.25) is 0 Å². The molecule has 4 nitrogen and oxygen atoms in total. The van der Waals surface area contributed by atoms with Crippen LogP contribution >= 0.6 is 0 Å². The summed E-state index contributed by atoms with van der Waals surface area (Å²) < 4.78 is 0. The number of carbonyl (C=O) groups excluding carboxylic acids is 1. The Morgan fingerprint density at radius 3 is 2.45 bits per heavy atom. The van der Waals surface area contributed by atoms with E-state index in [2.05, 4.69) is 39.8 Å². The highest BCUT2D eigenvalue weighted by Gasteiger charge is 2.02. The molecule has 0 aliphatic carbocycles. The van der Waals surface area contributed by atoms with E-state index in [9.17, 15) is 4.79 Å². The summed E-state index contributed by atoms with van der Waals surface area (Å²) >= 11 is 0. The lowest BCUT2D eigenvalue weighted by molar-refractivity contribution is 0.252. The largest absolute Gasteiger partial charge is 0.378 e. The molecule has 0 fully saturated rings. The fourth-order valence-electron chi connectivity index (χ4n) is 2.18. The van der Waals surface area contributed by atoms with Crippen LogP contribution < -0.4 is 15.5 Å². The molecule has 2 N–H and O–H groups in total. The third-order valence-corrected chi connectivity index (χ3v) is 3.43. The molecule has 0 spiro atoms. The number of anilines is 2. The van der Waals surface area contributed by atoms with Crippen LogP contribution in [-0.4, -0.2) is 26.7 Å². The lowest BCUT2D eigenvalue weighted by atomic mass is 10.1. The molecule has 2 amide bonds. The van der Waals surface area contributed by atoms with Crippen LogP contribution in [0.25, 0.3) is 0 Å². The van der Waals surface area contributed by atoms with Crippen molar-refractivity contribution in [3.63, 3.8) is 0 Å². The van der Waals surface area contributed by atoms with Crippen molar-refractivity contribution in [1.82, 2.24) is 5.32 Å². The molecule has 0 saturated heterocycles. The van der Waals surface area contributed by atoms with Crippen molar-refractivity contribution in [2.75, 3.05) is 30.9 Å². The van der Waals surface area contributed by atoms with Crippen molar-refractivity contribution in [1.29, 1.82) is 0 Å². The van der Waals surface area contributed by atoms with Crippen LogP contribution in [0.3, 0.4) is 0 Å².